The Morgan fingerprint density at radius 1 is 0.972 bits per heavy atom. The quantitative estimate of drug-likeness (QED) is 0.273. The lowest BCUT2D eigenvalue weighted by molar-refractivity contribution is -0.121. The molecule has 1 amide bonds. The van der Waals surface area contributed by atoms with Crippen molar-refractivity contribution >= 4 is 56.9 Å². The van der Waals surface area contributed by atoms with Gasteiger partial charge in [0.05, 0.1) is 47.5 Å². The lowest BCUT2D eigenvalue weighted by Crippen LogP contribution is -2.39. The first-order valence-electron chi connectivity index (χ1n) is 10.4. The van der Waals surface area contributed by atoms with E-state index in [4.69, 9.17) is 44.3 Å². The summed E-state index contributed by atoms with van der Waals surface area (Å²) in [4.78, 5) is 12.7. The molecule has 0 atom stereocenters. The van der Waals surface area contributed by atoms with Crippen LogP contribution in [-0.2, 0) is 21.4 Å². The summed E-state index contributed by atoms with van der Waals surface area (Å²) >= 11 is 18.0. The van der Waals surface area contributed by atoms with E-state index in [2.05, 4.69) is 10.5 Å². The molecule has 0 saturated heterocycles. The van der Waals surface area contributed by atoms with Crippen LogP contribution in [0.25, 0.3) is 0 Å². The number of methoxy groups -OCH3 is 2. The fourth-order valence-electron chi connectivity index (χ4n) is 3.19. The molecule has 3 rings (SSSR count). The SMILES string of the molecule is COc1cccc(OC)c1/C=N\NC(=O)CN(Cc1ccc(Cl)c(Cl)c1)S(=O)(=O)c1ccc(Cl)cc1. The first kappa shape index (κ1) is 27.8. The Bertz CT molecular complexity index is 1340. The number of benzene rings is 3. The zero-order valence-electron chi connectivity index (χ0n) is 19.2. The van der Waals surface area contributed by atoms with E-state index in [1.54, 1.807) is 30.3 Å². The van der Waals surface area contributed by atoms with Crippen molar-refractivity contribution in [2.24, 2.45) is 5.10 Å². The number of sulfonamides is 1. The van der Waals surface area contributed by atoms with E-state index >= 15 is 0 Å². The van der Waals surface area contributed by atoms with Crippen LogP contribution in [0, 0.1) is 0 Å². The van der Waals surface area contributed by atoms with Crippen molar-refractivity contribution in [3.8, 4) is 11.5 Å². The van der Waals surface area contributed by atoms with E-state index in [9.17, 15) is 13.2 Å². The van der Waals surface area contributed by atoms with Crippen LogP contribution in [0.3, 0.4) is 0 Å². The van der Waals surface area contributed by atoms with Crippen LogP contribution in [0.4, 0.5) is 0 Å². The fraction of sp³-hybridized carbons (Fsp3) is 0.167. The van der Waals surface area contributed by atoms with Crippen LogP contribution in [0.1, 0.15) is 11.1 Å². The third kappa shape index (κ3) is 6.89. The molecule has 8 nitrogen and oxygen atoms in total. The molecule has 3 aromatic carbocycles. The minimum Gasteiger partial charge on any atom is -0.496 e. The molecular formula is C24H22Cl3N3O5S. The molecule has 0 saturated carbocycles. The van der Waals surface area contributed by atoms with Crippen LogP contribution in [0.15, 0.2) is 70.7 Å². The van der Waals surface area contributed by atoms with Crippen LogP contribution in [-0.4, -0.2) is 45.6 Å². The maximum Gasteiger partial charge on any atom is 0.255 e. The standard InChI is InChI=1S/C24H22Cl3N3O5S/c1-34-22-4-3-5-23(35-2)19(22)13-28-29-24(31)15-30(14-16-6-11-20(26)21(27)12-16)36(32,33)18-9-7-17(25)8-10-18/h3-13H,14-15H2,1-2H3,(H,29,31)/b28-13-. The fourth-order valence-corrected chi connectivity index (χ4v) is 5.03. The van der Waals surface area contributed by atoms with Gasteiger partial charge in [-0.3, -0.25) is 4.79 Å². The topological polar surface area (TPSA) is 97.3 Å². The third-order valence-electron chi connectivity index (χ3n) is 4.96. The Balaban J connectivity index is 1.84. The molecule has 0 unspecified atom stereocenters. The van der Waals surface area contributed by atoms with Gasteiger partial charge in [0.2, 0.25) is 10.0 Å². The van der Waals surface area contributed by atoms with E-state index in [1.807, 2.05) is 0 Å². The number of nitrogens with zero attached hydrogens (tertiary/aromatic N) is 2. The third-order valence-corrected chi connectivity index (χ3v) is 7.76. The lowest BCUT2D eigenvalue weighted by atomic mass is 10.2. The highest BCUT2D eigenvalue weighted by Gasteiger charge is 2.27. The van der Waals surface area contributed by atoms with Crippen LogP contribution in [0.2, 0.25) is 15.1 Å². The molecule has 0 spiro atoms. The average Bonchev–Trinajstić information content (AvgIpc) is 2.86. The zero-order chi connectivity index (χ0) is 26.3. The minimum atomic E-state index is -4.09. The monoisotopic (exact) mass is 569 g/mol. The molecule has 3 aromatic rings. The summed E-state index contributed by atoms with van der Waals surface area (Å²) in [5.41, 5.74) is 3.39. The van der Waals surface area contributed by atoms with Gasteiger partial charge in [0.15, 0.2) is 0 Å². The molecule has 190 valence electrons. The number of rotatable bonds is 10. The molecular weight excluding hydrogens is 549 g/mol. The Labute approximate surface area is 224 Å². The Morgan fingerprint density at radius 3 is 2.19 bits per heavy atom. The molecule has 36 heavy (non-hydrogen) atoms. The van der Waals surface area contributed by atoms with Gasteiger partial charge in [-0.15, -0.1) is 0 Å². The first-order valence-corrected chi connectivity index (χ1v) is 13.0. The summed E-state index contributed by atoms with van der Waals surface area (Å²) in [6.45, 7) is -0.662. The summed E-state index contributed by atoms with van der Waals surface area (Å²) in [5.74, 6) is 0.301. The number of hydrogen-bond donors (Lipinski definition) is 1. The van der Waals surface area contributed by atoms with Crippen molar-refractivity contribution in [2.45, 2.75) is 11.4 Å². The molecule has 0 fully saturated rings. The number of nitrogens with one attached hydrogen (secondary N) is 1. The predicted octanol–water partition coefficient (Wildman–Crippen LogP) is 5.01. The van der Waals surface area contributed by atoms with Gasteiger partial charge in [-0.05, 0) is 54.1 Å². The molecule has 0 radical (unpaired) electrons. The molecule has 12 heteroatoms. The van der Waals surface area contributed by atoms with Crippen molar-refractivity contribution in [1.82, 2.24) is 9.73 Å². The zero-order valence-corrected chi connectivity index (χ0v) is 22.3. The van der Waals surface area contributed by atoms with Crippen LogP contribution < -0.4 is 14.9 Å². The highest BCUT2D eigenvalue weighted by Crippen LogP contribution is 2.27. The van der Waals surface area contributed by atoms with Gasteiger partial charge < -0.3 is 9.47 Å². The highest BCUT2D eigenvalue weighted by molar-refractivity contribution is 7.89. The highest BCUT2D eigenvalue weighted by atomic mass is 35.5. The van der Waals surface area contributed by atoms with Crippen LogP contribution >= 0.6 is 34.8 Å². The second kappa shape index (κ2) is 12.4. The second-order valence-electron chi connectivity index (χ2n) is 7.34. The summed E-state index contributed by atoms with van der Waals surface area (Å²) < 4.78 is 38.3. The maximum atomic E-state index is 13.4. The number of hydrazone groups is 1. The molecule has 1 N–H and O–H groups in total. The Kier molecular flexibility index (Phi) is 9.58. The van der Waals surface area contributed by atoms with Gasteiger partial charge in [-0.2, -0.15) is 9.41 Å². The molecule has 0 aromatic heterocycles. The van der Waals surface area contributed by atoms with E-state index in [0.29, 0.717) is 32.7 Å². The number of carbonyl (C=O) groups excluding carboxylic acids is 1. The minimum absolute atomic E-state index is 0.0259. The van der Waals surface area contributed by atoms with Gasteiger partial charge in [0, 0.05) is 11.6 Å². The van der Waals surface area contributed by atoms with E-state index in [0.717, 1.165) is 4.31 Å². The van der Waals surface area contributed by atoms with Crippen molar-refractivity contribution in [3.63, 3.8) is 0 Å². The van der Waals surface area contributed by atoms with Gasteiger partial charge in [-0.1, -0.05) is 46.9 Å². The largest absolute Gasteiger partial charge is 0.496 e. The number of ether oxygens (including phenoxy) is 2. The molecule has 0 aliphatic rings. The van der Waals surface area contributed by atoms with Gasteiger partial charge in [0.25, 0.3) is 5.91 Å². The lowest BCUT2D eigenvalue weighted by Gasteiger charge is -2.22. The molecule has 0 heterocycles. The summed E-state index contributed by atoms with van der Waals surface area (Å²) in [5, 5.41) is 4.91. The van der Waals surface area contributed by atoms with Gasteiger partial charge in [-0.25, -0.2) is 13.8 Å². The molecule has 0 bridgehead atoms. The van der Waals surface area contributed by atoms with Gasteiger partial charge >= 0.3 is 0 Å². The summed E-state index contributed by atoms with van der Waals surface area (Å²) in [6.07, 6.45) is 1.35. The summed E-state index contributed by atoms with van der Waals surface area (Å²) in [7, 11) is -1.10. The second-order valence-corrected chi connectivity index (χ2v) is 10.5. The van der Waals surface area contributed by atoms with Crippen LogP contribution in [0.5, 0.6) is 11.5 Å². The normalized spacial score (nSPS) is 11.6. The smallest absolute Gasteiger partial charge is 0.255 e. The average molecular weight is 571 g/mol. The van der Waals surface area contributed by atoms with Crippen molar-refractivity contribution in [1.29, 1.82) is 0 Å². The predicted molar refractivity (Wildman–Crippen MR) is 141 cm³/mol. The van der Waals surface area contributed by atoms with Crippen molar-refractivity contribution in [3.05, 3.63) is 86.9 Å². The molecule has 0 aliphatic heterocycles. The van der Waals surface area contributed by atoms with Gasteiger partial charge in [0.1, 0.15) is 11.5 Å². The van der Waals surface area contributed by atoms with E-state index < -0.39 is 22.5 Å². The first-order chi connectivity index (χ1) is 17.1. The number of carbonyl (C=O) groups is 1. The number of halogens is 3. The van der Waals surface area contributed by atoms with Crippen molar-refractivity contribution < 1.29 is 22.7 Å². The number of hydrogen-bond acceptors (Lipinski definition) is 6. The Hall–Kier alpha value is -2.82. The van der Waals surface area contributed by atoms with E-state index in [1.165, 1.54) is 50.8 Å². The maximum absolute atomic E-state index is 13.4. The van der Waals surface area contributed by atoms with E-state index in [-0.39, 0.29) is 16.5 Å². The Morgan fingerprint density at radius 2 is 1.61 bits per heavy atom. The number of amides is 1. The summed E-state index contributed by atoms with van der Waals surface area (Å²) in [6, 6.07) is 15.5. The molecule has 0 aliphatic carbocycles. The van der Waals surface area contributed by atoms with Crippen molar-refractivity contribution in [2.75, 3.05) is 20.8 Å².